The molecule has 19 heavy (non-hydrogen) atoms. The number of anilines is 2. The maximum atomic E-state index is 11.5. The first-order valence-corrected chi connectivity index (χ1v) is 5.44. The van der Waals surface area contributed by atoms with Crippen LogP contribution in [0.15, 0.2) is 34.9 Å². The van der Waals surface area contributed by atoms with E-state index in [4.69, 9.17) is 9.78 Å². The predicted molar refractivity (Wildman–Crippen MR) is 68.2 cm³/mol. The number of urea groups is 1. The quantitative estimate of drug-likeness (QED) is 0.730. The van der Waals surface area contributed by atoms with Crippen molar-refractivity contribution >= 4 is 17.5 Å². The Kier molecular flexibility index (Phi) is 3.64. The molecule has 0 spiro atoms. The van der Waals surface area contributed by atoms with Crippen LogP contribution in [0.5, 0.6) is 0 Å². The highest BCUT2D eigenvalue weighted by molar-refractivity contribution is 5.88. The summed E-state index contributed by atoms with van der Waals surface area (Å²) >= 11 is 0. The van der Waals surface area contributed by atoms with E-state index in [9.17, 15) is 4.79 Å². The van der Waals surface area contributed by atoms with Gasteiger partial charge >= 0.3 is 6.03 Å². The Hall–Kier alpha value is -3.01. The number of aryl methyl sites for hydroxylation is 1. The lowest BCUT2D eigenvalue weighted by Crippen LogP contribution is -2.33. The van der Waals surface area contributed by atoms with Crippen LogP contribution in [-0.2, 0) is 0 Å². The van der Waals surface area contributed by atoms with E-state index in [0.29, 0.717) is 22.8 Å². The standard InChI is InChI=1S/C12H11N5O2/c1-8-5-11(17-19-8)14-12(18)16-15-10-4-2-3-9(6-10)7-13/h2-6,15H,1H3,(H2,14,16,17,18). The van der Waals surface area contributed by atoms with Gasteiger partial charge < -0.3 is 4.52 Å². The van der Waals surface area contributed by atoms with Gasteiger partial charge in [-0.15, -0.1) is 0 Å². The summed E-state index contributed by atoms with van der Waals surface area (Å²) in [5.74, 6) is 0.924. The van der Waals surface area contributed by atoms with Crippen molar-refractivity contribution in [1.82, 2.24) is 10.6 Å². The number of hydrogen-bond donors (Lipinski definition) is 3. The van der Waals surface area contributed by atoms with E-state index >= 15 is 0 Å². The summed E-state index contributed by atoms with van der Waals surface area (Å²) in [7, 11) is 0. The maximum absolute atomic E-state index is 11.5. The van der Waals surface area contributed by atoms with Crippen molar-refractivity contribution in [2.45, 2.75) is 6.92 Å². The highest BCUT2D eigenvalue weighted by atomic mass is 16.5. The first-order valence-electron chi connectivity index (χ1n) is 5.44. The lowest BCUT2D eigenvalue weighted by atomic mass is 10.2. The molecule has 1 heterocycles. The van der Waals surface area contributed by atoms with Gasteiger partial charge in [0.15, 0.2) is 5.82 Å². The summed E-state index contributed by atoms with van der Waals surface area (Å²) in [5.41, 5.74) is 6.19. The molecule has 1 aromatic carbocycles. The Morgan fingerprint density at radius 1 is 1.42 bits per heavy atom. The van der Waals surface area contributed by atoms with Crippen LogP contribution in [0.4, 0.5) is 16.3 Å². The molecule has 96 valence electrons. The van der Waals surface area contributed by atoms with E-state index in [1.807, 2.05) is 6.07 Å². The number of carbonyl (C=O) groups excluding carboxylic acids is 1. The summed E-state index contributed by atoms with van der Waals surface area (Å²) in [6.07, 6.45) is 0. The smallest absolute Gasteiger partial charge is 0.339 e. The highest BCUT2D eigenvalue weighted by Crippen LogP contribution is 2.09. The molecule has 0 atom stereocenters. The SMILES string of the molecule is Cc1cc(NC(=O)NNc2cccc(C#N)c2)no1. The largest absolute Gasteiger partial charge is 0.360 e. The number of hydrogen-bond acceptors (Lipinski definition) is 5. The molecule has 0 saturated heterocycles. The number of carbonyl (C=O) groups is 1. The summed E-state index contributed by atoms with van der Waals surface area (Å²) in [6, 6.07) is 9.82. The van der Waals surface area contributed by atoms with Gasteiger partial charge in [-0.1, -0.05) is 11.2 Å². The molecule has 2 aromatic rings. The molecule has 0 fully saturated rings. The first kappa shape index (κ1) is 12.4. The second kappa shape index (κ2) is 5.55. The second-order valence-corrected chi connectivity index (χ2v) is 3.72. The van der Waals surface area contributed by atoms with Crippen LogP contribution >= 0.6 is 0 Å². The highest BCUT2D eigenvalue weighted by Gasteiger charge is 2.05. The Balaban J connectivity index is 1.88. The number of hydrazine groups is 1. The predicted octanol–water partition coefficient (Wildman–Crippen LogP) is 2.00. The maximum Gasteiger partial charge on any atom is 0.339 e. The van der Waals surface area contributed by atoms with Crippen molar-refractivity contribution in [2.24, 2.45) is 0 Å². The minimum Gasteiger partial charge on any atom is -0.360 e. The number of benzene rings is 1. The first-order chi connectivity index (χ1) is 9.17. The van der Waals surface area contributed by atoms with Gasteiger partial charge in [0.05, 0.1) is 17.3 Å². The third-order valence-electron chi connectivity index (χ3n) is 2.18. The van der Waals surface area contributed by atoms with Crippen LogP contribution in [0, 0.1) is 18.3 Å². The van der Waals surface area contributed by atoms with E-state index < -0.39 is 6.03 Å². The summed E-state index contributed by atoms with van der Waals surface area (Å²) < 4.78 is 4.81. The molecule has 0 aliphatic rings. The van der Waals surface area contributed by atoms with E-state index in [1.165, 1.54) is 0 Å². The fraction of sp³-hybridized carbons (Fsp3) is 0.0833. The van der Waals surface area contributed by atoms with Gasteiger partial charge in [0.25, 0.3) is 0 Å². The third-order valence-corrected chi connectivity index (χ3v) is 2.18. The van der Waals surface area contributed by atoms with E-state index in [2.05, 4.69) is 21.3 Å². The molecule has 3 N–H and O–H groups in total. The minimum atomic E-state index is -0.490. The van der Waals surface area contributed by atoms with Crippen molar-refractivity contribution in [3.8, 4) is 6.07 Å². The summed E-state index contributed by atoms with van der Waals surface area (Å²) in [5, 5.41) is 14.8. The number of aromatic nitrogens is 1. The monoisotopic (exact) mass is 257 g/mol. The zero-order valence-corrected chi connectivity index (χ0v) is 10.1. The Bertz CT molecular complexity index is 629. The van der Waals surface area contributed by atoms with Gasteiger partial charge in [-0.2, -0.15) is 5.26 Å². The fourth-order valence-electron chi connectivity index (χ4n) is 1.37. The van der Waals surface area contributed by atoms with Gasteiger partial charge in [0.1, 0.15) is 5.76 Å². The van der Waals surface area contributed by atoms with Crippen LogP contribution in [0.2, 0.25) is 0 Å². The fourth-order valence-corrected chi connectivity index (χ4v) is 1.37. The molecule has 0 unspecified atom stereocenters. The number of rotatable bonds is 3. The Morgan fingerprint density at radius 3 is 2.95 bits per heavy atom. The number of nitriles is 1. The zero-order valence-electron chi connectivity index (χ0n) is 10.1. The van der Waals surface area contributed by atoms with Crippen LogP contribution in [0.1, 0.15) is 11.3 Å². The van der Waals surface area contributed by atoms with E-state index in [1.54, 1.807) is 37.3 Å². The van der Waals surface area contributed by atoms with E-state index in [-0.39, 0.29) is 0 Å². The number of amides is 2. The van der Waals surface area contributed by atoms with Gasteiger partial charge in [-0.3, -0.25) is 16.2 Å². The average molecular weight is 257 g/mol. The minimum absolute atomic E-state index is 0.322. The molecule has 0 aliphatic heterocycles. The molecule has 2 rings (SSSR count). The number of nitrogens with zero attached hydrogens (tertiary/aromatic N) is 2. The molecular formula is C12H11N5O2. The molecule has 1 aromatic heterocycles. The molecule has 2 amide bonds. The van der Waals surface area contributed by atoms with Crippen molar-refractivity contribution in [3.05, 3.63) is 41.7 Å². The molecule has 0 radical (unpaired) electrons. The van der Waals surface area contributed by atoms with Crippen molar-refractivity contribution in [3.63, 3.8) is 0 Å². The van der Waals surface area contributed by atoms with Crippen LogP contribution in [0.3, 0.4) is 0 Å². The summed E-state index contributed by atoms with van der Waals surface area (Å²) in [6.45, 7) is 1.72. The summed E-state index contributed by atoms with van der Waals surface area (Å²) in [4.78, 5) is 11.5. The van der Waals surface area contributed by atoms with Crippen LogP contribution < -0.4 is 16.2 Å². The van der Waals surface area contributed by atoms with E-state index in [0.717, 1.165) is 0 Å². The van der Waals surface area contributed by atoms with Crippen molar-refractivity contribution in [1.29, 1.82) is 5.26 Å². The van der Waals surface area contributed by atoms with Crippen LogP contribution in [0.25, 0.3) is 0 Å². The Labute approximate surface area is 109 Å². The Morgan fingerprint density at radius 2 is 2.26 bits per heavy atom. The van der Waals surface area contributed by atoms with Crippen LogP contribution in [-0.4, -0.2) is 11.2 Å². The molecular weight excluding hydrogens is 246 g/mol. The molecule has 7 nitrogen and oxygen atoms in total. The van der Waals surface area contributed by atoms with Gasteiger partial charge in [0.2, 0.25) is 0 Å². The number of nitrogens with one attached hydrogen (secondary N) is 3. The van der Waals surface area contributed by atoms with Crippen molar-refractivity contribution < 1.29 is 9.32 Å². The van der Waals surface area contributed by atoms with Gasteiger partial charge in [-0.05, 0) is 25.1 Å². The topological polar surface area (TPSA) is 103 Å². The molecule has 0 aliphatic carbocycles. The average Bonchev–Trinajstić information content (AvgIpc) is 2.82. The molecule has 0 saturated carbocycles. The second-order valence-electron chi connectivity index (χ2n) is 3.72. The molecule has 0 bridgehead atoms. The zero-order chi connectivity index (χ0) is 13.7. The third kappa shape index (κ3) is 3.47. The normalized spacial score (nSPS) is 9.47. The van der Waals surface area contributed by atoms with Crippen molar-refractivity contribution in [2.75, 3.05) is 10.7 Å². The lowest BCUT2D eigenvalue weighted by Gasteiger charge is -2.08. The lowest BCUT2D eigenvalue weighted by molar-refractivity contribution is 0.253. The molecule has 7 heteroatoms. The van der Waals surface area contributed by atoms with Gasteiger partial charge in [-0.25, -0.2) is 4.79 Å². The van der Waals surface area contributed by atoms with Gasteiger partial charge in [0, 0.05) is 6.07 Å².